The smallest absolute Gasteiger partial charge is 0.248 e. The molecule has 1 saturated heterocycles. The van der Waals surface area contributed by atoms with Gasteiger partial charge in [-0.15, -0.1) is 11.3 Å². The van der Waals surface area contributed by atoms with Crippen LogP contribution in [-0.4, -0.2) is 56.7 Å². The van der Waals surface area contributed by atoms with Gasteiger partial charge in [-0.1, -0.05) is 17.7 Å². The van der Waals surface area contributed by atoms with Crippen LogP contribution in [0.15, 0.2) is 53.6 Å². The van der Waals surface area contributed by atoms with Crippen molar-refractivity contribution in [1.82, 2.24) is 19.9 Å². The highest BCUT2D eigenvalue weighted by Gasteiger charge is 2.27. The number of aliphatic hydroxyl groups is 1. The normalized spacial score (nSPS) is 15.5. The fourth-order valence-electron chi connectivity index (χ4n) is 4.37. The number of amides is 1. The zero-order valence-corrected chi connectivity index (χ0v) is 21.5. The zero-order valence-electron chi connectivity index (χ0n) is 20.0. The Labute approximate surface area is 223 Å². The van der Waals surface area contributed by atoms with E-state index < -0.39 is 6.61 Å². The van der Waals surface area contributed by atoms with Crippen molar-refractivity contribution in [1.29, 1.82) is 0 Å². The number of hydrogen-bond donors (Lipinski definition) is 2. The van der Waals surface area contributed by atoms with Gasteiger partial charge in [-0.25, -0.2) is 15.0 Å². The molecule has 1 unspecified atom stereocenters. The van der Waals surface area contributed by atoms with E-state index in [2.05, 4.69) is 20.3 Å². The van der Waals surface area contributed by atoms with E-state index in [-0.39, 0.29) is 11.9 Å². The van der Waals surface area contributed by atoms with Gasteiger partial charge in [0, 0.05) is 17.6 Å². The molecule has 192 valence electrons. The summed E-state index contributed by atoms with van der Waals surface area (Å²) in [4.78, 5) is 27.0. The molecule has 2 aromatic carbocycles. The van der Waals surface area contributed by atoms with Crippen LogP contribution in [0.25, 0.3) is 10.9 Å². The minimum absolute atomic E-state index is 0.0969. The third-order valence-electron chi connectivity index (χ3n) is 6.19. The van der Waals surface area contributed by atoms with Crippen molar-refractivity contribution >= 4 is 51.3 Å². The fourth-order valence-corrected chi connectivity index (χ4v) is 5.14. The largest absolute Gasteiger partial charge is 0.491 e. The van der Waals surface area contributed by atoms with E-state index in [1.807, 2.05) is 29.6 Å². The molecule has 1 atom stereocenters. The van der Waals surface area contributed by atoms with Gasteiger partial charge in [0.25, 0.3) is 0 Å². The van der Waals surface area contributed by atoms with E-state index >= 15 is 0 Å². The molecule has 11 heteroatoms. The van der Waals surface area contributed by atoms with Gasteiger partial charge < -0.3 is 24.8 Å². The number of nitrogens with zero attached hydrogens (tertiary/aromatic N) is 4. The van der Waals surface area contributed by atoms with Gasteiger partial charge in [-0.2, -0.15) is 0 Å². The van der Waals surface area contributed by atoms with Crippen LogP contribution < -0.4 is 14.8 Å². The lowest BCUT2D eigenvalue weighted by molar-refractivity contribution is -0.138. The molecule has 0 bridgehead atoms. The molecule has 1 aliphatic heterocycles. The Morgan fingerprint density at radius 2 is 2.08 bits per heavy atom. The van der Waals surface area contributed by atoms with Gasteiger partial charge in [0.1, 0.15) is 43.5 Å². The Hall–Kier alpha value is -3.47. The minimum Gasteiger partial charge on any atom is -0.491 e. The van der Waals surface area contributed by atoms with Gasteiger partial charge in [0.2, 0.25) is 5.91 Å². The number of carbonyl (C=O) groups is 1. The molecule has 3 heterocycles. The lowest BCUT2D eigenvalue weighted by Gasteiger charge is -2.35. The number of fused-ring (bicyclic) bond motifs is 1. The summed E-state index contributed by atoms with van der Waals surface area (Å²) >= 11 is 8.00. The van der Waals surface area contributed by atoms with Crippen molar-refractivity contribution in [2.45, 2.75) is 31.9 Å². The van der Waals surface area contributed by atoms with Crippen LogP contribution in [0, 0.1) is 0 Å². The third-order valence-corrected chi connectivity index (χ3v) is 7.12. The number of nitrogens with one attached hydrogen (secondary N) is 1. The van der Waals surface area contributed by atoms with Crippen molar-refractivity contribution < 1.29 is 19.4 Å². The Morgan fingerprint density at radius 1 is 1.16 bits per heavy atom. The van der Waals surface area contributed by atoms with Crippen molar-refractivity contribution in [3.63, 3.8) is 0 Å². The molecular formula is C26H26ClN5O4S. The lowest BCUT2D eigenvalue weighted by atomic mass is 10.0. The first kappa shape index (κ1) is 25.2. The minimum atomic E-state index is -0.496. The lowest BCUT2D eigenvalue weighted by Crippen LogP contribution is -2.47. The fraction of sp³-hybridized carbons (Fsp3) is 0.308. The van der Waals surface area contributed by atoms with Crippen LogP contribution in [0.3, 0.4) is 0 Å². The number of rotatable bonds is 9. The molecule has 1 aliphatic rings. The van der Waals surface area contributed by atoms with E-state index in [0.29, 0.717) is 42.1 Å². The highest BCUT2D eigenvalue weighted by molar-refractivity contribution is 7.07. The molecule has 0 radical (unpaired) electrons. The van der Waals surface area contributed by atoms with Gasteiger partial charge in [0.15, 0.2) is 0 Å². The maximum Gasteiger partial charge on any atom is 0.248 e. The SMILES string of the molecule is O=C(CO)N1CCCCC1COc1cccc2ncnc(Nc3ccc(OCc4cscn4)c(Cl)c3)c12. The van der Waals surface area contributed by atoms with Crippen LogP contribution in [0.5, 0.6) is 11.5 Å². The second kappa shape index (κ2) is 11.7. The van der Waals surface area contributed by atoms with Crippen molar-refractivity contribution in [3.8, 4) is 11.5 Å². The number of ether oxygens (including phenoxy) is 2. The molecule has 0 spiro atoms. The summed E-state index contributed by atoms with van der Waals surface area (Å²) in [6.07, 6.45) is 4.26. The highest BCUT2D eigenvalue weighted by atomic mass is 35.5. The zero-order chi connectivity index (χ0) is 25.6. The molecule has 0 aliphatic carbocycles. The number of thiazole rings is 1. The molecule has 4 aromatic rings. The van der Waals surface area contributed by atoms with Gasteiger partial charge in [0.05, 0.1) is 33.2 Å². The molecule has 2 N–H and O–H groups in total. The Bertz CT molecular complexity index is 1370. The first-order valence-corrected chi connectivity index (χ1v) is 13.3. The number of aliphatic hydroxyl groups excluding tert-OH is 1. The monoisotopic (exact) mass is 539 g/mol. The quantitative estimate of drug-likeness (QED) is 0.312. The summed E-state index contributed by atoms with van der Waals surface area (Å²) in [6, 6.07) is 11.0. The number of piperidine rings is 1. The van der Waals surface area contributed by atoms with Crippen LogP contribution in [-0.2, 0) is 11.4 Å². The van der Waals surface area contributed by atoms with Crippen LogP contribution >= 0.6 is 22.9 Å². The second-order valence-electron chi connectivity index (χ2n) is 8.62. The van der Waals surface area contributed by atoms with E-state index in [9.17, 15) is 9.90 Å². The summed E-state index contributed by atoms with van der Waals surface area (Å²) in [7, 11) is 0. The van der Waals surface area contributed by atoms with Crippen molar-refractivity contribution in [2.75, 3.05) is 25.1 Å². The molecule has 2 aromatic heterocycles. The van der Waals surface area contributed by atoms with Gasteiger partial charge in [-0.3, -0.25) is 4.79 Å². The molecule has 9 nitrogen and oxygen atoms in total. The number of carbonyl (C=O) groups excluding carboxylic acids is 1. The maximum absolute atomic E-state index is 12.2. The molecule has 1 fully saturated rings. The number of benzene rings is 2. The molecular weight excluding hydrogens is 514 g/mol. The van der Waals surface area contributed by atoms with E-state index in [4.69, 9.17) is 21.1 Å². The number of likely N-dealkylation sites (tertiary alicyclic amines) is 1. The third kappa shape index (κ3) is 5.93. The number of halogens is 1. The molecule has 0 saturated carbocycles. The second-order valence-corrected chi connectivity index (χ2v) is 9.74. The molecule has 1 amide bonds. The summed E-state index contributed by atoms with van der Waals surface area (Å²) in [6.45, 7) is 0.790. The Morgan fingerprint density at radius 3 is 2.89 bits per heavy atom. The van der Waals surface area contributed by atoms with Crippen LogP contribution in [0.2, 0.25) is 5.02 Å². The van der Waals surface area contributed by atoms with E-state index in [1.54, 1.807) is 22.5 Å². The summed E-state index contributed by atoms with van der Waals surface area (Å²) < 4.78 is 12.0. The van der Waals surface area contributed by atoms with Crippen molar-refractivity contribution in [3.05, 3.63) is 64.3 Å². The number of anilines is 2. The predicted octanol–water partition coefficient (Wildman–Crippen LogP) is 4.81. The molecule has 37 heavy (non-hydrogen) atoms. The first-order valence-electron chi connectivity index (χ1n) is 12.0. The van der Waals surface area contributed by atoms with Gasteiger partial charge >= 0.3 is 0 Å². The average Bonchev–Trinajstić information content (AvgIpc) is 3.45. The van der Waals surface area contributed by atoms with Gasteiger partial charge in [-0.05, 0) is 49.6 Å². The highest BCUT2D eigenvalue weighted by Crippen LogP contribution is 2.34. The van der Waals surface area contributed by atoms with E-state index in [0.717, 1.165) is 41.5 Å². The standard InChI is InChI=1S/C26H26ClN5O4S/c27-20-10-17(7-8-22(20)35-12-18-14-37-16-30-18)31-26-25-21(28-15-29-26)5-3-6-23(25)36-13-19-4-1-2-9-32(19)24(34)11-33/h3,5-8,10,14-16,19,33H,1-2,4,9,11-13H2,(H,28,29,31). The van der Waals surface area contributed by atoms with Crippen molar-refractivity contribution in [2.24, 2.45) is 0 Å². The average molecular weight is 540 g/mol. The Kier molecular flexibility index (Phi) is 7.98. The predicted molar refractivity (Wildman–Crippen MR) is 143 cm³/mol. The van der Waals surface area contributed by atoms with E-state index in [1.165, 1.54) is 17.7 Å². The first-order chi connectivity index (χ1) is 18.1. The summed E-state index contributed by atoms with van der Waals surface area (Å²) in [5, 5.41) is 15.8. The summed E-state index contributed by atoms with van der Waals surface area (Å²) in [5.41, 5.74) is 4.06. The number of hydrogen-bond acceptors (Lipinski definition) is 9. The maximum atomic E-state index is 12.2. The Balaban J connectivity index is 1.34. The van der Waals surface area contributed by atoms with Crippen LogP contribution in [0.1, 0.15) is 25.0 Å². The molecule has 5 rings (SSSR count). The van der Waals surface area contributed by atoms with Crippen LogP contribution in [0.4, 0.5) is 11.5 Å². The number of aromatic nitrogens is 3. The topological polar surface area (TPSA) is 110 Å². The summed E-state index contributed by atoms with van der Waals surface area (Å²) in [5.74, 6) is 1.47.